The molecule has 0 spiro atoms. The number of aliphatic hydroxyl groups excluding tert-OH is 1. The lowest BCUT2D eigenvalue weighted by atomic mass is 10.0. The average Bonchev–Trinajstić information content (AvgIpc) is 2.97. The van der Waals surface area contributed by atoms with E-state index in [1.54, 1.807) is 0 Å². The summed E-state index contributed by atoms with van der Waals surface area (Å²) >= 11 is 0. The molecule has 1 fully saturated rings. The largest absolute Gasteiger partial charge is 0.388 e. The molecule has 1 unspecified atom stereocenters. The van der Waals surface area contributed by atoms with E-state index in [-0.39, 0.29) is 6.61 Å². The van der Waals surface area contributed by atoms with Crippen molar-refractivity contribution in [2.45, 2.75) is 44.8 Å². The van der Waals surface area contributed by atoms with Crippen molar-refractivity contribution >= 4 is 0 Å². The van der Waals surface area contributed by atoms with E-state index in [2.05, 4.69) is 10.2 Å². The Hall–Kier alpha value is -1.72. The van der Waals surface area contributed by atoms with Crippen molar-refractivity contribution in [3.05, 3.63) is 42.0 Å². The fourth-order valence-corrected chi connectivity index (χ4v) is 2.82. The van der Waals surface area contributed by atoms with Gasteiger partial charge in [0.1, 0.15) is 12.4 Å². The summed E-state index contributed by atoms with van der Waals surface area (Å²) in [6.45, 7) is 0.764. The van der Waals surface area contributed by atoms with Crippen molar-refractivity contribution in [2.24, 2.45) is 0 Å². The molecule has 3 rings (SSSR count). The maximum atomic E-state index is 9.46. The van der Waals surface area contributed by atoms with Crippen molar-refractivity contribution in [1.29, 1.82) is 0 Å². The molecule has 112 valence electrons. The molecular formula is C16H21N3O2. The second-order valence-electron chi connectivity index (χ2n) is 5.39. The van der Waals surface area contributed by atoms with Gasteiger partial charge in [0.05, 0.1) is 6.10 Å². The molecule has 1 aromatic heterocycles. The molecule has 1 atom stereocenters. The van der Waals surface area contributed by atoms with E-state index in [0.717, 1.165) is 37.4 Å². The van der Waals surface area contributed by atoms with Gasteiger partial charge in [0, 0.05) is 18.7 Å². The second-order valence-corrected chi connectivity index (χ2v) is 5.39. The van der Waals surface area contributed by atoms with Crippen LogP contribution in [0.5, 0.6) is 0 Å². The third-order valence-corrected chi connectivity index (χ3v) is 3.92. The van der Waals surface area contributed by atoms with Crippen LogP contribution < -0.4 is 0 Å². The quantitative estimate of drug-likeness (QED) is 0.916. The summed E-state index contributed by atoms with van der Waals surface area (Å²) in [5, 5.41) is 17.8. The fraction of sp³-hybridized carbons (Fsp3) is 0.500. The first-order valence-corrected chi connectivity index (χ1v) is 7.59. The van der Waals surface area contributed by atoms with Gasteiger partial charge in [-0.25, -0.2) is 0 Å². The fourth-order valence-electron chi connectivity index (χ4n) is 2.82. The molecule has 1 aliphatic rings. The van der Waals surface area contributed by atoms with Gasteiger partial charge in [0.15, 0.2) is 5.82 Å². The molecule has 0 aliphatic carbocycles. The van der Waals surface area contributed by atoms with E-state index in [9.17, 15) is 5.11 Å². The number of benzene rings is 1. The van der Waals surface area contributed by atoms with E-state index in [0.29, 0.717) is 11.9 Å². The third-order valence-electron chi connectivity index (χ3n) is 3.92. The van der Waals surface area contributed by atoms with E-state index in [1.807, 2.05) is 34.9 Å². The van der Waals surface area contributed by atoms with Crippen LogP contribution in [0.4, 0.5) is 0 Å². The molecule has 1 saturated heterocycles. The van der Waals surface area contributed by atoms with Crippen molar-refractivity contribution in [2.75, 3.05) is 6.61 Å². The average molecular weight is 287 g/mol. The predicted molar refractivity (Wildman–Crippen MR) is 79.2 cm³/mol. The third kappa shape index (κ3) is 3.31. The van der Waals surface area contributed by atoms with E-state index in [1.165, 1.54) is 12.8 Å². The number of aliphatic hydroxyl groups is 1. The first kappa shape index (κ1) is 14.2. The maximum absolute atomic E-state index is 9.46. The van der Waals surface area contributed by atoms with Crippen LogP contribution >= 0.6 is 0 Å². The number of aryl methyl sites for hydroxylation is 1. The predicted octanol–water partition coefficient (Wildman–Crippen LogP) is 2.26. The summed E-state index contributed by atoms with van der Waals surface area (Å²) < 4.78 is 7.72. The lowest BCUT2D eigenvalue weighted by Crippen LogP contribution is -2.20. The highest BCUT2D eigenvalue weighted by molar-refractivity contribution is 5.33. The van der Waals surface area contributed by atoms with Gasteiger partial charge in [-0.1, -0.05) is 18.2 Å². The topological polar surface area (TPSA) is 60.2 Å². The Labute approximate surface area is 124 Å². The van der Waals surface area contributed by atoms with Crippen LogP contribution in [0.1, 0.15) is 37.3 Å². The Bertz CT molecular complexity index is 562. The minimum Gasteiger partial charge on any atom is -0.388 e. The van der Waals surface area contributed by atoms with Crippen LogP contribution in [-0.2, 0) is 17.8 Å². The molecule has 1 N–H and O–H groups in total. The summed E-state index contributed by atoms with van der Waals surface area (Å²) in [6, 6.07) is 9.93. The highest BCUT2D eigenvalue weighted by Crippen LogP contribution is 2.19. The SMILES string of the molecule is OCc1nnc(CCC2CCCCO2)n1-c1ccccc1. The molecule has 5 heteroatoms. The Morgan fingerprint density at radius 2 is 1.95 bits per heavy atom. The number of ether oxygens (including phenoxy) is 1. The highest BCUT2D eigenvalue weighted by Gasteiger charge is 2.17. The Kier molecular flexibility index (Phi) is 4.62. The van der Waals surface area contributed by atoms with Crippen LogP contribution in [0.25, 0.3) is 5.69 Å². The first-order valence-electron chi connectivity index (χ1n) is 7.59. The van der Waals surface area contributed by atoms with Crippen molar-refractivity contribution in [3.63, 3.8) is 0 Å². The van der Waals surface area contributed by atoms with Crippen molar-refractivity contribution in [1.82, 2.24) is 14.8 Å². The van der Waals surface area contributed by atoms with E-state index in [4.69, 9.17) is 4.74 Å². The monoisotopic (exact) mass is 287 g/mol. The molecule has 0 amide bonds. The van der Waals surface area contributed by atoms with Gasteiger partial charge >= 0.3 is 0 Å². The summed E-state index contributed by atoms with van der Waals surface area (Å²) in [7, 11) is 0. The zero-order valence-electron chi connectivity index (χ0n) is 12.1. The molecule has 2 heterocycles. The van der Waals surface area contributed by atoms with Gasteiger partial charge in [-0.05, 0) is 37.8 Å². The zero-order valence-corrected chi connectivity index (χ0v) is 12.1. The molecule has 21 heavy (non-hydrogen) atoms. The molecule has 1 aliphatic heterocycles. The Balaban J connectivity index is 1.77. The standard InChI is InChI=1S/C16H21N3O2/c20-12-16-18-17-15(10-9-14-8-4-5-11-21-14)19(16)13-6-2-1-3-7-13/h1-3,6-7,14,20H,4-5,8-12H2. The van der Waals surface area contributed by atoms with Crippen LogP contribution in [0.15, 0.2) is 30.3 Å². The molecule has 0 saturated carbocycles. The summed E-state index contributed by atoms with van der Waals surface area (Å²) in [5.74, 6) is 1.47. The van der Waals surface area contributed by atoms with E-state index >= 15 is 0 Å². The highest BCUT2D eigenvalue weighted by atomic mass is 16.5. The molecule has 1 aromatic carbocycles. The normalized spacial score (nSPS) is 18.8. The first-order chi connectivity index (χ1) is 10.4. The van der Waals surface area contributed by atoms with E-state index < -0.39 is 0 Å². The lowest BCUT2D eigenvalue weighted by Gasteiger charge is -2.22. The van der Waals surface area contributed by atoms with Gasteiger partial charge in [0.25, 0.3) is 0 Å². The number of hydrogen-bond donors (Lipinski definition) is 1. The maximum Gasteiger partial charge on any atom is 0.163 e. The van der Waals surface area contributed by atoms with Crippen molar-refractivity contribution < 1.29 is 9.84 Å². The van der Waals surface area contributed by atoms with Crippen LogP contribution in [-0.4, -0.2) is 32.6 Å². The number of rotatable bonds is 5. The number of nitrogens with zero attached hydrogens (tertiary/aromatic N) is 3. The molecule has 2 aromatic rings. The number of aromatic nitrogens is 3. The van der Waals surface area contributed by atoms with Gasteiger partial charge in [0.2, 0.25) is 0 Å². The Morgan fingerprint density at radius 1 is 1.14 bits per heavy atom. The van der Waals surface area contributed by atoms with Crippen LogP contribution in [0.2, 0.25) is 0 Å². The minimum absolute atomic E-state index is 0.109. The molecule has 0 bridgehead atoms. The van der Waals surface area contributed by atoms with Crippen LogP contribution in [0.3, 0.4) is 0 Å². The number of hydrogen-bond acceptors (Lipinski definition) is 4. The Morgan fingerprint density at radius 3 is 2.67 bits per heavy atom. The summed E-state index contributed by atoms with van der Waals surface area (Å²) in [5.41, 5.74) is 0.992. The summed E-state index contributed by atoms with van der Waals surface area (Å²) in [6.07, 6.45) is 5.65. The second kappa shape index (κ2) is 6.83. The molecule has 0 radical (unpaired) electrons. The van der Waals surface area contributed by atoms with Gasteiger partial charge < -0.3 is 9.84 Å². The smallest absolute Gasteiger partial charge is 0.163 e. The number of para-hydroxylation sites is 1. The van der Waals surface area contributed by atoms with Gasteiger partial charge in [-0.15, -0.1) is 10.2 Å². The summed E-state index contributed by atoms with van der Waals surface area (Å²) in [4.78, 5) is 0. The minimum atomic E-state index is -0.109. The molecular weight excluding hydrogens is 266 g/mol. The van der Waals surface area contributed by atoms with Gasteiger partial charge in [-0.3, -0.25) is 4.57 Å². The lowest BCUT2D eigenvalue weighted by molar-refractivity contribution is 0.0111. The zero-order chi connectivity index (χ0) is 14.5. The van der Waals surface area contributed by atoms with Crippen LogP contribution in [0, 0.1) is 0 Å². The van der Waals surface area contributed by atoms with Gasteiger partial charge in [-0.2, -0.15) is 0 Å². The van der Waals surface area contributed by atoms with Crippen molar-refractivity contribution in [3.8, 4) is 5.69 Å². The molecule has 5 nitrogen and oxygen atoms in total.